The van der Waals surface area contributed by atoms with Gasteiger partial charge in [-0.1, -0.05) is 38.5 Å². The summed E-state index contributed by atoms with van der Waals surface area (Å²) in [5, 5.41) is 11.7. The van der Waals surface area contributed by atoms with Crippen molar-refractivity contribution in [1.82, 2.24) is 16.0 Å². The number of benzene rings is 1. The average molecular weight is 387 g/mol. The number of hydrogen-bond acceptors (Lipinski definition) is 3. The predicted molar refractivity (Wildman–Crippen MR) is 115 cm³/mol. The largest absolute Gasteiger partial charge is 0.356 e. The van der Waals surface area contributed by atoms with Crippen molar-refractivity contribution < 1.29 is 4.79 Å². The summed E-state index contributed by atoms with van der Waals surface area (Å²) in [6.07, 6.45) is 2.08. The van der Waals surface area contributed by atoms with Crippen molar-refractivity contribution in [3.63, 3.8) is 0 Å². The first kappa shape index (κ1) is 21.0. The fourth-order valence-corrected chi connectivity index (χ4v) is 3.37. The lowest BCUT2D eigenvalue weighted by Gasteiger charge is -2.15. The smallest absolute Gasteiger partial charge is 0.251 e. The Hall–Kier alpha value is -2.34. The van der Waals surface area contributed by atoms with E-state index in [4.69, 9.17) is 0 Å². The Morgan fingerprint density at radius 3 is 2.56 bits per heavy atom. The van der Waals surface area contributed by atoms with Gasteiger partial charge < -0.3 is 16.0 Å². The maximum atomic E-state index is 12.0. The Balaban J connectivity index is 1.78. The molecule has 2 aromatic rings. The normalized spacial score (nSPS) is 12.5. The van der Waals surface area contributed by atoms with Gasteiger partial charge in [-0.2, -0.15) is 0 Å². The molecule has 0 radical (unpaired) electrons. The molecule has 146 valence electrons. The van der Waals surface area contributed by atoms with Gasteiger partial charge in [0.25, 0.3) is 5.91 Å². The average Bonchev–Trinajstić information content (AvgIpc) is 3.23. The monoisotopic (exact) mass is 386 g/mol. The number of nitrogens with one attached hydrogen (secondary N) is 3. The first-order chi connectivity index (χ1) is 13.1. The number of thiophene rings is 1. The minimum Gasteiger partial charge on any atom is -0.356 e. The molecule has 1 aromatic carbocycles. The molecule has 1 aromatic heterocycles. The van der Waals surface area contributed by atoms with E-state index in [0.29, 0.717) is 18.0 Å². The lowest BCUT2D eigenvalue weighted by molar-refractivity contribution is 0.0953. The summed E-state index contributed by atoms with van der Waals surface area (Å²) in [7, 11) is 1.77. The van der Waals surface area contributed by atoms with Crippen molar-refractivity contribution in [1.29, 1.82) is 0 Å². The first-order valence-electron chi connectivity index (χ1n) is 9.49. The number of nitrogens with zero attached hydrogens (tertiary/aromatic N) is 1. The zero-order valence-electron chi connectivity index (χ0n) is 16.4. The summed E-state index contributed by atoms with van der Waals surface area (Å²) in [5.74, 6) is 1.21. The Labute approximate surface area is 166 Å². The van der Waals surface area contributed by atoms with Crippen LogP contribution in [0.5, 0.6) is 0 Å². The molecule has 1 unspecified atom stereocenters. The first-order valence-corrected chi connectivity index (χ1v) is 10.4. The quantitative estimate of drug-likeness (QED) is 0.349. The predicted octanol–water partition coefficient (Wildman–Crippen LogP) is 3.75. The summed E-state index contributed by atoms with van der Waals surface area (Å²) in [4.78, 5) is 17.7. The fourth-order valence-electron chi connectivity index (χ4n) is 2.58. The highest BCUT2D eigenvalue weighted by Crippen LogP contribution is 2.19. The van der Waals surface area contributed by atoms with E-state index in [1.165, 1.54) is 4.88 Å². The van der Waals surface area contributed by atoms with E-state index in [1.807, 2.05) is 24.3 Å². The second-order valence-electron chi connectivity index (χ2n) is 6.53. The molecular weight excluding hydrogens is 356 g/mol. The Morgan fingerprint density at radius 2 is 1.93 bits per heavy atom. The molecule has 5 nitrogen and oxygen atoms in total. The lowest BCUT2D eigenvalue weighted by atomic mass is 10.1. The van der Waals surface area contributed by atoms with E-state index in [0.717, 1.165) is 37.5 Å². The van der Waals surface area contributed by atoms with Gasteiger partial charge in [-0.3, -0.25) is 9.79 Å². The summed E-state index contributed by atoms with van der Waals surface area (Å²) in [6.45, 7) is 6.53. The van der Waals surface area contributed by atoms with Gasteiger partial charge in [-0.25, -0.2) is 0 Å². The van der Waals surface area contributed by atoms with Gasteiger partial charge in [0.15, 0.2) is 5.96 Å². The van der Waals surface area contributed by atoms with Crippen molar-refractivity contribution in [3.05, 3.63) is 57.8 Å². The van der Waals surface area contributed by atoms with Crippen LogP contribution in [0.15, 0.2) is 46.8 Å². The summed E-state index contributed by atoms with van der Waals surface area (Å²) in [6, 6.07) is 11.9. The zero-order chi connectivity index (χ0) is 19.5. The van der Waals surface area contributed by atoms with Crippen LogP contribution in [0.25, 0.3) is 0 Å². The van der Waals surface area contributed by atoms with Crippen molar-refractivity contribution in [2.75, 3.05) is 20.1 Å². The molecule has 0 spiro atoms. The molecule has 0 fully saturated rings. The van der Waals surface area contributed by atoms with Crippen LogP contribution in [-0.4, -0.2) is 32.0 Å². The number of aliphatic imine (C=N–C) groups is 1. The molecule has 1 heterocycles. The highest BCUT2D eigenvalue weighted by molar-refractivity contribution is 7.10. The van der Waals surface area contributed by atoms with E-state index >= 15 is 0 Å². The molecule has 0 bridgehead atoms. The Kier molecular flexibility index (Phi) is 8.84. The number of rotatable bonds is 9. The highest BCUT2D eigenvalue weighted by Gasteiger charge is 2.08. The van der Waals surface area contributed by atoms with Crippen LogP contribution in [0.2, 0.25) is 0 Å². The molecule has 6 heteroatoms. The van der Waals surface area contributed by atoms with Gasteiger partial charge in [0.05, 0.1) is 0 Å². The van der Waals surface area contributed by atoms with Gasteiger partial charge in [0, 0.05) is 43.0 Å². The van der Waals surface area contributed by atoms with Gasteiger partial charge in [0.1, 0.15) is 0 Å². The minimum atomic E-state index is -0.0111. The molecule has 1 atom stereocenters. The van der Waals surface area contributed by atoms with Crippen molar-refractivity contribution in [3.8, 4) is 0 Å². The van der Waals surface area contributed by atoms with E-state index < -0.39 is 0 Å². The molecule has 3 N–H and O–H groups in total. The SMILES string of the molecule is CCCCNC(=O)c1ccc(CNC(=NC)NCC(C)c2cccs2)cc1. The third-order valence-corrected chi connectivity index (χ3v) is 5.42. The number of hydrogen-bond donors (Lipinski definition) is 3. The van der Waals surface area contributed by atoms with Gasteiger partial charge in [-0.05, 0) is 35.6 Å². The third kappa shape index (κ3) is 7.06. The van der Waals surface area contributed by atoms with E-state index in [1.54, 1.807) is 18.4 Å². The van der Waals surface area contributed by atoms with Gasteiger partial charge in [0.2, 0.25) is 0 Å². The number of unbranched alkanes of at least 4 members (excludes halogenated alkanes) is 1. The number of amides is 1. The molecule has 0 aliphatic carbocycles. The van der Waals surface area contributed by atoms with Crippen LogP contribution in [0, 0.1) is 0 Å². The van der Waals surface area contributed by atoms with Crippen LogP contribution in [-0.2, 0) is 6.54 Å². The lowest BCUT2D eigenvalue weighted by Crippen LogP contribution is -2.38. The number of carbonyl (C=O) groups is 1. The summed E-state index contributed by atoms with van der Waals surface area (Å²) >= 11 is 1.78. The van der Waals surface area contributed by atoms with E-state index in [9.17, 15) is 4.79 Å². The molecule has 2 rings (SSSR count). The Bertz CT molecular complexity index is 710. The summed E-state index contributed by atoms with van der Waals surface area (Å²) in [5.41, 5.74) is 1.80. The van der Waals surface area contributed by atoms with Gasteiger partial charge >= 0.3 is 0 Å². The molecule has 0 aliphatic heterocycles. The molecular formula is C21H30N4OS. The molecule has 0 saturated heterocycles. The maximum Gasteiger partial charge on any atom is 0.251 e. The minimum absolute atomic E-state index is 0.0111. The molecule has 1 amide bonds. The zero-order valence-corrected chi connectivity index (χ0v) is 17.2. The van der Waals surface area contributed by atoms with Crippen LogP contribution in [0.1, 0.15) is 53.4 Å². The van der Waals surface area contributed by atoms with Crippen LogP contribution >= 0.6 is 11.3 Å². The van der Waals surface area contributed by atoms with E-state index in [2.05, 4.69) is 52.3 Å². The van der Waals surface area contributed by atoms with Gasteiger partial charge in [-0.15, -0.1) is 11.3 Å². The standard InChI is InChI=1S/C21H30N4OS/c1-4-5-12-23-20(26)18-10-8-17(9-11-18)15-25-21(22-3)24-14-16(2)19-7-6-13-27-19/h6-11,13,16H,4-5,12,14-15H2,1-3H3,(H,23,26)(H2,22,24,25). The molecule has 0 saturated carbocycles. The Morgan fingerprint density at radius 1 is 1.15 bits per heavy atom. The van der Waals surface area contributed by atoms with E-state index in [-0.39, 0.29) is 5.91 Å². The maximum absolute atomic E-state index is 12.0. The molecule has 0 aliphatic rings. The van der Waals surface area contributed by atoms with Crippen molar-refractivity contribution in [2.45, 2.75) is 39.2 Å². The topological polar surface area (TPSA) is 65.5 Å². The third-order valence-electron chi connectivity index (χ3n) is 4.32. The second kappa shape index (κ2) is 11.4. The highest BCUT2D eigenvalue weighted by atomic mass is 32.1. The summed E-state index contributed by atoms with van der Waals surface area (Å²) < 4.78 is 0. The van der Waals surface area contributed by atoms with Crippen molar-refractivity contribution in [2.24, 2.45) is 4.99 Å². The van der Waals surface area contributed by atoms with Crippen molar-refractivity contribution >= 4 is 23.2 Å². The van der Waals surface area contributed by atoms with Crippen LogP contribution in [0.3, 0.4) is 0 Å². The fraction of sp³-hybridized carbons (Fsp3) is 0.429. The second-order valence-corrected chi connectivity index (χ2v) is 7.51. The molecule has 27 heavy (non-hydrogen) atoms. The van der Waals surface area contributed by atoms with Crippen LogP contribution < -0.4 is 16.0 Å². The number of carbonyl (C=O) groups excluding carboxylic acids is 1. The van der Waals surface area contributed by atoms with Crippen LogP contribution in [0.4, 0.5) is 0 Å². The number of guanidine groups is 1.